The molecule has 1 atom stereocenters. The van der Waals surface area contributed by atoms with Crippen LogP contribution in [0.3, 0.4) is 0 Å². The van der Waals surface area contributed by atoms with Crippen molar-refractivity contribution in [2.45, 2.75) is 26.5 Å². The highest BCUT2D eigenvalue weighted by molar-refractivity contribution is 7.07. The third-order valence-electron chi connectivity index (χ3n) is 6.58. The highest BCUT2D eigenvalue weighted by Crippen LogP contribution is 2.31. The number of halogens is 3. The zero-order valence-corrected chi connectivity index (χ0v) is 23.6. The van der Waals surface area contributed by atoms with Crippen LogP contribution in [-0.2, 0) is 16.1 Å². The summed E-state index contributed by atoms with van der Waals surface area (Å²) in [6.07, 6.45) is 1.66. The number of hydrogen-bond acceptors (Lipinski definition) is 7. The number of hydrogen-bond donors (Lipinski definition) is 0. The van der Waals surface area contributed by atoms with Crippen LogP contribution in [0, 0.1) is 17.5 Å². The van der Waals surface area contributed by atoms with Crippen LogP contribution in [0.4, 0.5) is 13.2 Å². The molecule has 0 saturated heterocycles. The van der Waals surface area contributed by atoms with E-state index in [-0.39, 0.29) is 24.5 Å². The average Bonchev–Trinajstić information content (AvgIpc) is 3.26. The van der Waals surface area contributed by atoms with E-state index in [0.717, 1.165) is 23.5 Å². The first-order chi connectivity index (χ1) is 20.2. The number of thiazole rings is 1. The van der Waals surface area contributed by atoms with Gasteiger partial charge in [0.25, 0.3) is 5.56 Å². The van der Waals surface area contributed by atoms with Gasteiger partial charge >= 0.3 is 5.97 Å². The average molecular weight is 595 g/mol. The van der Waals surface area contributed by atoms with Gasteiger partial charge in [-0.3, -0.25) is 9.36 Å². The lowest BCUT2D eigenvalue weighted by atomic mass is 9.96. The molecule has 0 saturated carbocycles. The van der Waals surface area contributed by atoms with Crippen molar-refractivity contribution in [1.82, 2.24) is 4.57 Å². The molecule has 42 heavy (non-hydrogen) atoms. The quantitative estimate of drug-likeness (QED) is 0.274. The van der Waals surface area contributed by atoms with Gasteiger partial charge in [-0.15, -0.1) is 0 Å². The maximum atomic E-state index is 14.1. The molecule has 1 unspecified atom stereocenters. The van der Waals surface area contributed by atoms with Crippen molar-refractivity contribution < 1.29 is 32.2 Å². The van der Waals surface area contributed by atoms with E-state index in [0.29, 0.717) is 37.5 Å². The monoisotopic (exact) mass is 594 g/mol. The molecule has 1 aliphatic heterocycles. The zero-order valence-electron chi connectivity index (χ0n) is 22.8. The van der Waals surface area contributed by atoms with Gasteiger partial charge in [-0.1, -0.05) is 29.5 Å². The molecule has 7 nitrogen and oxygen atoms in total. The molecule has 0 fully saturated rings. The summed E-state index contributed by atoms with van der Waals surface area (Å²) in [4.78, 5) is 31.7. The van der Waals surface area contributed by atoms with Crippen LogP contribution in [0.15, 0.2) is 81.7 Å². The SMILES string of the molecule is CCOC(=O)C1=C(C)N=c2s/c(=C\c3ccc(OC)c(COc4ccc(F)cc4F)c3)c(=O)n2C1c1ccc(F)cc1. The Kier molecular flexibility index (Phi) is 8.30. The molecule has 0 spiro atoms. The van der Waals surface area contributed by atoms with Gasteiger partial charge in [-0.05, 0) is 67.4 Å². The molecule has 0 N–H and O–H groups in total. The van der Waals surface area contributed by atoms with Crippen LogP contribution < -0.4 is 24.4 Å². The van der Waals surface area contributed by atoms with Crippen LogP contribution >= 0.6 is 11.3 Å². The molecule has 0 radical (unpaired) electrons. The van der Waals surface area contributed by atoms with Gasteiger partial charge in [-0.2, -0.15) is 0 Å². The number of allylic oxidation sites excluding steroid dienone is 1. The fraction of sp³-hybridized carbons (Fsp3) is 0.194. The van der Waals surface area contributed by atoms with Crippen molar-refractivity contribution in [1.29, 1.82) is 0 Å². The summed E-state index contributed by atoms with van der Waals surface area (Å²) >= 11 is 1.14. The summed E-state index contributed by atoms with van der Waals surface area (Å²) in [5.41, 5.74) is 1.90. The Labute approximate surface area is 242 Å². The highest BCUT2D eigenvalue weighted by Gasteiger charge is 2.33. The summed E-state index contributed by atoms with van der Waals surface area (Å²) < 4.78 is 59.1. The lowest BCUT2D eigenvalue weighted by molar-refractivity contribution is -0.139. The number of benzene rings is 3. The van der Waals surface area contributed by atoms with E-state index >= 15 is 0 Å². The van der Waals surface area contributed by atoms with E-state index < -0.39 is 35.0 Å². The van der Waals surface area contributed by atoms with E-state index in [1.165, 1.54) is 42.0 Å². The molecule has 0 aliphatic carbocycles. The topological polar surface area (TPSA) is 79.1 Å². The van der Waals surface area contributed by atoms with Gasteiger partial charge in [-0.25, -0.2) is 23.0 Å². The Morgan fingerprint density at radius 1 is 1.02 bits per heavy atom. The predicted octanol–water partition coefficient (Wildman–Crippen LogP) is 4.80. The summed E-state index contributed by atoms with van der Waals surface area (Å²) in [5, 5.41) is 0. The van der Waals surface area contributed by atoms with Gasteiger partial charge < -0.3 is 14.2 Å². The highest BCUT2D eigenvalue weighted by atomic mass is 32.1. The Balaban J connectivity index is 1.57. The summed E-state index contributed by atoms with van der Waals surface area (Å²) in [6.45, 7) is 3.40. The second-order valence-corrected chi connectivity index (χ2v) is 10.3. The Hall–Kier alpha value is -4.64. The first-order valence-corrected chi connectivity index (χ1v) is 13.7. The normalized spacial score (nSPS) is 14.8. The van der Waals surface area contributed by atoms with E-state index in [1.54, 1.807) is 38.1 Å². The maximum Gasteiger partial charge on any atom is 0.338 e. The van der Waals surface area contributed by atoms with Gasteiger partial charge in [0, 0.05) is 11.6 Å². The Morgan fingerprint density at radius 2 is 1.74 bits per heavy atom. The number of rotatable bonds is 8. The number of ether oxygens (including phenoxy) is 3. The zero-order chi connectivity index (χ0) is 30.0. The summed E-state index contributed by atoms with van der Waals surface area (Å²) in [7, 11) is 1.48. The summed E-state index contributed by atoms with van der Waals surface area (Å²) in [5.74, 6) is -2.26. The predicted molar refractivity (Wildman–Crippen MR) is 150 cm³/mol. The second-order valence-electron chi connectivity index (χ2n) is 9.29. The van der Waals surface area contributed by atoms with Crippen molar-refractivity contribution in [2.24, 2.45) is 4.99 Å². The van der Waals surface area contributed by atoms with E-state index in [2.05, 4.69) is 4.99 Å². The number of carbonyl (C=O) groups excluding carboxylic acids is 1. The van der Waals surface area contributed by atoms with Crippen LogP contribution in [0.25, 0.3) is 6.08 Å². The standard InChI is InChI=1S/C31H25F3N2O5S/c1-4-40-30(38)27-17(2)35-31-36(28(27)19-6-8-21(32)9-7-19)29(37)26(42-31)14-18-5-11-24(39-3)20(13-18)16-41-25-12-10-22(33)15-23(25)34/h5-15,28H,4,16H2,1-3H3/b26-14-. The minimum absolute atomic E-state index is 0.0820. The van der Waals surface area contributed by atoms with Crippen molar-refractivity contribution in [2.75, 3.05) is 13.7 Å². The van der Waals surface area contributed by atoms with Crippen LogP contribution in [-0.4, -0.2) is 24.3 Å². The molecule has 2 heterocycles. The second kappa shape index (κ2) is 12.1. The molecule has 1 aliphatic rings. The number of esters is 1. The minimum atomic E-state index is -0.867. The van der Waals surface area contributed by atoms with E-state index in [1.807, 2.05) is 0 Å². The van der Waals surface area contributed by atoms with E-state index in [4.69, 9.17) is 14.2 Å². The number of fused-ring (bicyclic) bond motifs is 1. The number of carbonyl (C=O) groups is 1. The first-order valence-electron chi connectivity index (χ1n) is 12.9. The Morgan fingerprint density at radius 3 is 2.43 bits per heavy atom. The maximum absolute atomic E-state index is 14.1. The molecule has 0 bridgehead atoms. The first kappa shape index (κ1) is 28.9. The fourth-order valence-corrected chi connectivity index (χ4v) is 5.70. The van der Waals surface area contributed by atoms with Crippen molar-refractivity contribution in [3.8, 4) is 11.5 Å². The van der Waals surface area contributed by atoms with Crippen molar-refractivity contribution in [3.63, 3.8) is 0 Å². The molecule has 11 heteroatoms. The molecule has 0 amide bonds. The molecule has 4 aromatic rings. The molecular weight excluding hydrogens is 569 g/mol. The molecular formula is C31H25F3N2O5S. The lowest BCUT2D eigenvalue weighted by Gasteiger charge is -2.24. The fourth-order valence-electron chi connectivity index (χ4n) is 4.65. The van der Waals surface area contributed by atoms with Crippen molar-refractivity contribution in [3.05, 3.63) is 126 Å². The number of nitrogens with zero attached hydrogens (tertiary/aromatic N) is 2. The minimum Gasteiger partial charge on any atom is -0.496 e. The largest absolute Gasteiger partial charge is 0.496 e. The molecule has 1 aromatic heterocycles. The third-order valence-corrected chi connectivity index (χ3v) is 7.57. The molecule has 3 aromatic carbocycles. The number of aromatic nitrogens is 1. The van der Waals surface area contributed by atoms with E-state index in [9.17, 15) is 22.8 Å². The smallest absolute Gasteiger partial charge is 0.338 e. The summed E-state index contributed by atoms with van der Waals surface area (Å²) in [6, 6.07) is 12.9. The third kappa shape index (κ3) is 5.73. The van der Waals surface area contributed by atoms with Crippen LogP contribution in [0.2, 0.25) is 0 Å². The van der Waals surface area contributed by atoms with Gasteiger partial charge in [0.05, 0.1) is 35.6 Å². The van der Waals surface area contributed by atoms with Gasteiger partial charge in [0.1, 0.15) is 24.0 Å². The van der Waals surface area contributed by atoms with Crippen LogP contribution in [0.5, 0.6) is 11.5 Å². The van der Waals surface area contributed by atoms with Gasteiger partial charge in [0.15, 0.2) is 16.4 Å². The Bertz CT molecular complexity index is 1880. The van der Waals surface area contributed by atoms with Crippen LogP contribution in [0.1, 0.15) is 36.6 Å². The van der Waals surface area contributed by atoms with Crippen molar-refractivity contribution >= 4 is 23.4 Å². The lowest BCUT2D eigenvalue weighted by Crippen LogP contribution is -2.39. The number of methoxy groups -OCH3 is 1. The molecule has 216 valence electrons. The van der Waals surface area contributed by atoms with Gasteiger partial charge in [0.2, 0.25) is 0 Å². The molecule has 5 rings (SSSR count).